The number of sulfonamides is 1. The number of hydrogen-bond acceptors (Lipinski definition) is 5. The molecule has 8 heteroatoms. The molecule has 7 nitrogen and oxygen atoms in total. The van der Waals surface area contributed by atoms with Crippen LogP contribution >= 0.6 is 0 Å². The molecule has 168 valence electrons. The summed E-state index contributed by atoms with van der Waals surface area (Å²) in [5, 5.41) is 5.01. The van der Waals surface area contributed by atoms with E-state index in [4.69, 9.17) is 9.47 Å². The molecule has 0 spiro atoms. The van der Waals surface area contributed by atoms with E-state index in [1.165, 1.54) is 10.4 Å². The van der Waals surface area contributed by atoms with Gasteiger partial charge in [0, 0.05) is 18.7 Å². The van der Waals surface area contributed by atoms with Crippen molar-refractivity contribution in [3.63, 3.8) is 0 Å². The van der Waals surface area contributed by atoms with Gasteiger partial charge in [-0.15, -0.1) is 0 Å². The van der Waals surface area contributed by atoms with Crippen molar-refractivity contribution in [2.45, 2.75) is 11.8 Å². The number of carbonyl (C=O) groups excluding carboxylic acids is 1. The summed E-state index contributed by atoms with van der Waals surface area (Å²) in [7, 11) is -3.68. The van der Waals surface area contributed by atoms with Gasteiger partial charge in [0.05, 0.1) is 24.7 Å². The van der Waals surface area contributed by atoms with Crippen molar-refractivity contribution in [2.75, 3.05) is 39.5 Å². The second kappa shape index (κ2) is 9.68. The maximum Gasteiger partial charge on any atom is 0.251 e. The summed E-state index contributed by atoms with van der Waals surface area (Å²) in [6.45, 7) is 3.69. The molecule has 1 saturated heterocycles. The summed E-state index contributed by atoms with van der Waals surface area (Å²) in [4.78, 5) is 12.8. The molecule has 1 amide bonds. The Morgan fingerprint density at radius 3 is 2.56 bits per heavy atom. The number of aryl methyl sites for hydroxylation is 1. The van der Waals surface area contributed by atoms with Crippen molar-refractivity contribution in [1.82, 2.24) is 9.62 Å². The summed E-state index contributed by atoms with van der Waals surface area (Å²) < 4.78 is 38.4. The highest BCUT2D eigenvalue weighted by molar-refractivity contribution is 7.89. The zero-order chi connectivity index (χ0) is 22.6. The molecule has 0 aliphatic carbocycles. The monoisotopic (exact) mass is 454 g/mol. The number of benzene rings is 3. The second-order valence-electron chi connectivity index (χ2n) is 7.61. The molecule has 0 unspecified atom stereocenters. The Hall–Kier alpha value is -2.94. The Morgan fingerprint density at radius 2 is 1.78 bits per heavy atom. The lowest BCUT2D eigenvalue weighted by Crippen LogP contribution is -2.41. The fourth-order valence-electron chi connectivity index (χ4n) is 3.64. The number of carbonyl (C=O) groups is 1. The topological polar surface area (TPSA) is 84.9 Å². The van der Waals surface area contributed by atoms with Gasteiger partial charge in [-0.05, 0) is 47.5 Å². The minimum Gasteiger partial charge on any atom is -0.492 e. The number of fused-ring (bicyclic) bond motifs is 1. The molecule has 0 atom stereocenters. The van der Waals surface area contributed by atoms with Gasteiger partial charge < -0.3 is 14.8 Å². The predicted molar refractivity (Wildman–Crippen MR) is 123 cm³/mol. The van der Waals surface area contributed by atoms with Crippen LogP contribution in [0.25, 0.3) is 10.8 Å². The third-order valence-corrected chi connectivity index (χ3v) is 7.46. The van der Waals surface area contributed by atoms with Crippen molar-refractivity contribution in [2.24, 2.45) is 0 Å². The first-order valence-electron chi connectivity index (χ1n) is 10.5. The van der Waals surface area contributed by atoms with Crippen LogP contribution in [0.4, 0.5) is 0 Å². The highest BCUT2D eigenvalue weighted by atomic mass is 32.2. The molecule has 0 saturated carbocycles. The summed E-state index contributed by atoms with van der Waals surface area (Å²) in [6, 6.07) is 18.6. The fraction of sp³-hybridized carbons (Fsp3) is 0.292. The predicted octanol–water partition coefficient (Wildman–Crippen LogP) is 2.98. The van der Waals surface area contributed by atoms with E-state index in [0.717, 1.165) is 16.5 Å². The van der Waals surface area contributed by atoms with Gasteiger partial charge in [0.2, 0.25) is 10.0 Å². The summed E-state index contributed by atoms with van der Waals surface area (Å²) >= 11 is 0. The zero-order valence-corrected chi connectivity index (χ0v) is 18.7. The Bertz CT molecular complexity index is 1220. The molecule has 1 aliphatic heterocycles. The van der Waals surface area contributed by atoms with Crippen LogP contribution in [0.2, 0.25) is 0 Å². The van der Waals surface area contributed by atoms with Crippen LogP contribution in [0, 0.1) is 6.92 Å². The Morgan fingerprint density at radius 1 is 1.03 bits per heavy atom. The SMILES string of the molecule is Cc1ccc(C(=O)NCCOc2ccc3ccccc3c2)cc1S(=O)(=O)N1CCOCC1. The number of ether oxygens (including phenoxy) is 2. The maximum atomic E-state index is 13.0. The largest absolute Gasteiger partial charge is 0.492 e. The van der Waals surface area contributed by atoms with Crippen molar-refractivity contribution < 1.29 is 22.7 Å². The highest BCUT2D eigenvalue weighted by Gasteiger charge is 2.28. The van der Waals surface area contributed by atoms with Crippen LogP contribution in [0.1, 0.15) is 15.9 Å². The van der Waals surface area contributed by atoms with Gasteiger partial charge in [0.25, 0.3) is 5.91 Å². The van der Waals surface area contributed by atoms with E-state index in [0.29, 0.717) is 50.6 Å². The Kier molecular flexibility index (Phi) is 6.74. The molecule has 0 bridgehead atoms. The zero-order valence-electron chi connectivity index (χ0n) is 17.9. The quantitative estimate of drug-likeness (QED) is 0.555. The Balaban J connectivity index is 1.37. The number of amides is 1. The molecule has 3 aromatic rings. The van der Waals surface area contributed by atoms with Crippen LogP contribution in [0.5, 0.6) is 5.75 Å². The molecule has 1 N–H and O–H groups in total. The van der Waals surface area contributed by atoms with Gasteiger partial charge in [-0.25, -0.2) is 8.42 Å². The number of nitrogens with one attached hydrogen (secondary N) is 1. The first kappa shape index (κ1) is 22.3. The molecule has 32 heavy (non-hydrogen) atoms. The normalized spacial score (nSPS) is 14.9. The molecule has 1 aliphatic rings. The number of rotatable bonds is 7. The van der Waals surface area contributed by atoms with E-state index < -0.39 is 10.0 Å². The third-order valence-electron chi connectivity index (χ3n) is 5.42. The van der Waals surface area contributed by atoms with Crippen molar-refractivity contribution in [3.05, 3.63) is 71.8 Å². The van der Waals surface area contributed by atoms with Crippen molar-refractivity contribution in [3.8, 4) is 5.75 Å². The molecule has 0 aromatic heterocycles. The van der Waals surface area contributed by atoms with Crippen molar-refractivity contribution >= 4 is 26.7 Å². The van der Waals surface area contributed by atoms with E-state index in [-0.39, 0.29) is 10.8 Å². The number of nitrogens with zero attached hydrogens (tertiary/aromatic N) is 1. The van der Waals surface area contributed by atoms with E-state index in [1.807, 2.05) is 42.5 Å². The van der Waals surface area contributed by atoms with Crippen LogP contribution < -0.4 is 10.1 Å². The van der Waals surface area contributed by atoms with Gasteiger partial charge >= 0.3 is 0 Å². The lowest BCUT2D eigenvalue weighted by Gasteiger charge is -2.26. The molecule has 0 radical (unpaired) electrons. The average Bonchev–Trinajstić information content (AvgIpc) is 2.82. The minimum atomic E-state index is -3.68. The molecule has 3 aromatic carbocycles. The lowest BCUT2D eigenvalue weighted by atomic mass is 10.1. The first-order chi connectivity index (χ1) is 15.4. The van der Waals surface area contributed by atoms with Crippen LogP contribution in [0.3, 0.4) is 0 Å². The summed E-state index contributed by atoms with van der Waals surface area (Å²) in [5.74, 6) is 0.387. The molecular formula is C24H26N2O5S. The Labute approximate surface area is 188 Å². The highest BCUT2D eigenvalue weighted by Crippen LogP contribution is 2.23. The third kappa shape index (κ3) is 4.93. The second-order valence-corrected chi connectivity index (χ2v) is 9.52. The standard InChI is InChI=1S/C24H26N2O5S/c1-18-6-7-21(17-23(18)32(28,29)26-11-14-30-15-12-26)24(27)25-10-13-31-22-9-8-19-4-2-3-5-20(19)16-22/h2-9,16-17H,10-15H2,1H3,(H,25,27). The average molecular weight is 455 g/mol. The summed E-state index contributed by atoms with van der Waals surface area (Å²) in [5.41, 5.74) is 0.904. The van der Waals surface area contributed by atoms with Gasteiger partial charge in [-0.2, -0.15) is 4.31 Å². The van der Waals surface area contributed by atoms with Crippen LogP contribution in [-0.4, -0.2) is 58.1 Å². The van der Waals surface area contributed by atoms with E-state index >= 15 is 0 Å². The van der Waals surface area contributed by atoms with Crippen LogP contribution in [0.15, 0.2) is 65.6 Å². The van der Waals surface area contributed by atoms with Gasteiger partial charge in [-0.3, -0.25) is 4.79 Å². The lowest BCUT2D eigenvalue weighted by molar-refractivity contribution is 0.0730. The smallest absolute Gasteiger partial charge is 0.251 e. The fourth-order valence-corrected chi connectivity index (χ4v) is 5.30. The number of morpholine rings is 1. The van der Waals surface area contributed by atoms with E-state index in [1.54, 1.807) is 19.1 Å². The first-order valence-corrected chi connectivity index (χ1v) is 12.0. The van der Waals surface area contributed by atoms with Gasteiger partial charge in [0.15, 0.2) is 0 Å². The van der Waals surface area contributed by atoms with Crippen LogP contribution in [-0.2, 0) is 14.8 Å². The summed E-state index contributed by atoms with van der Waals surface area (Å²) in [6.07, 6.45) is 0. The van der Waals surface area contributed by atoms with E-state index in [9.17, 15) is 13.2 Å². The number of hydrogen-bond donors (Lipinski definition) is 1. The van der Waals surface area contributed by atoms with Crippen molar-refractivity contribution in [1.29, 1.82) is 0 Å². The maximum absolute atomic E-state index is 13.0. The van der Waals surface area contributed by atoms with Gasteiger partial charge in [-0.1, -0.05) is 36.4 Å². The molecule has 4 rings (SSSR count). The van der Waals surface area contributed by atoms with Gasteiger partial charge in [0.1, 0.15) is 12.4 Å². The molecular weight excluding hydrogens is 428 g/mol. The molecule has 1 fully saturated rings. The molecule has 1 heterocycles. The minimum absolute atomic E-state index is 0.152. The van der Waals surface area contributed by atoms with E-state index in [2.05, 4.69) is 5.32 Å².